The number of ether oxygens (including phenoxy) is 1. The number of halogens is 3. The molecule has 0 aromatic heterocycles. The molecule has 1 fully saturated rings. The molecule has 0 radical (unpaired) electrons. The van der Waals surface area contributed by atoms with E-state index in [0.29, 0.717) is 26.2 Å². The van der Waals surface area contributed by atoms with Crippen molar-refractivity contribution < 1.29 is 69.1 Å². The average molecular weight is 312 g/mol. The Morgan fingerprint density at radius 1 is 1.05 bits per heavy atom. The topological polar surface area (TPSA) is 15.7 Å². The molecule has 0 N–H and O–H groups in total. The SMILES string of the molecule is COc1ccc(N2CCN(C[B-](F)(F)F)CC2)cc1.[K+]. The fourth-order valence-electron chi connectivity index (χ4n) is 2.27. The first-order valence-electron chi connectivity index (χ1n) is 6.30. The molecule has 106 valence electrons. The second kappa shape index (κ2) is 8.05. The summed E-state index contributed by atoms with van der Waals surface area (Å²) in [5.74, 6) is 0.780. The maximum Gasteiger partial charge on any atom is 1.00 e. The summed E-state index contributed by atoms with van der Waals surface area (Å²) in [5, 5.41) is 0. The summed E-state index contributed by atoms with van der Waals surface area (Å²) < 4.78 is 42.1. The Bertz CT molecular complexity index is 408. The van der Waals surface area contributed by atoms with E-state index in [1.165, 1.54) is 4.90 Å². The molecule has 2 rings (SSSR count). The van der Waals surface area contributed by atoms with Crippen LogP contribution in [-0.4, -0.2) is 51.6 Å². The van der Waals surface area contributed by atoms with E-state index < -0.39 is 13.4 Å². The molecule has 1 aromatic rings. The van der Waals surface area contributed by atoms with Crippen LogP contribution in [0.2, 0.25) is 0 Å². The first kappa shape index (κ1) is 18.3. The van der Waals surface area contributed by atoms with Crippen molar-refractivity contribution in [2.45, 2.75) is 0 Å². The van der Waals surface area contributed by atoms with Crippen LogP contribution in [0.15, 0.2) is 24.3 Å². The van der Waals surface area contributed by atoms with Crippen molar-refractivity contribution in [1.29, 1.82) is 0 Å². The van der Waals surface area contributed by atoms with Crippen LogP contribution in [-0.2, 0) is 0 Å². The Morgan fingerprint density at radius 2 is 1.60 bits per heavy atom. The van der Waals surface area contributed by atoms with Crippen molar-refractivity contribution in [3.63, 3.8) is 0 Å². The van der Waals surface area contributed by atoms with Gasteiger partial charge in [-0.3, -0.25) is 0 Å². The van der Waals surface area contributed by atoms with Crippen LogP contribution < -0.4 is 61.0 Å². The summed E-state index contributed by atoms with van der Waals surface area (Å²) in [6.07, 6.45) is -0.754. The average Bonchev–Trinajstić information content (AvgIpc) is 2.38. The molecular formula is C12H17BF3KN2O. The molecule has 8 heteroatoms. The molecule has 3 nitrogen and oxygen atoms in total. The molecular weight excluding hydrogens is 295 g/mol. The summed E-state index contributed by atoms with van der Waals surface area (Å²) in [4.78, 5) is 3.57. The normalized spacial score (nSPS) is 16.7. The van der Waals surface area contributed by atoms with E-state index in [0.717, 1.165) is 11.4 Å². The van der Waals surface area contributed by atoms with Crippen molar-refractivity contribution in [2.24, 2.45) is 0 Å². The quantitative estimate of drug-likeness (QED) is 0.678. The van der Waals surface area contributed by atoms with Crippen LogP contribution in [0, 0.1) is 0 Å². The molecule has 1 aliphatic heterocycles. The van der Waals surface area contributed by atoms with Crippen LogP contribution in [0.1, 0.15) is 0 Å². The van der Waals surface area contributed by atoms with E-state index in [-0.39, 0.29) is 51.4 Å². The number of benzene rings is 1. The smallest absolute Gasteiger partial charge is 0.497 e. The number of rotatable bonds is 4. The van der Waals surface area contributed by atoms with Crippen LogP contribution in [0.3, 0.4) is 0 Å². The summed E-state index contributed by atoms with van der Waals surface area (Å²) >= 11 is 0. The third-order valence-electron chi connectivity index (χ3n) is 3.28. The van der Waals surface area contributed by atoms with E-state index in [1.54, 1.807) is 7.11 Å². The zero-order valence-electron chi connectivity index (χ0n) is 11.9. The van der Waals surface area contributed by atoms with Gasteiger partial charge in [-0.05, 0) is 30.7 Å². The van der Waals surface area contributed by atoms with Gasteiger partial charge in [0.2, 0.25) is 0 Å². The predicted molar refractivity (Wildman–Crippen MR) is 70.7 cm³/mol. The summed E-state index contributed by atoms with van der Waals surface area (Å²) in [6, 6.07) is 7.59. The van der Waals surface area contributed by atoms with Crippen LogP contribution in [0.5, 0.6) is 5.75 Å². The largest absolute Gasteiger partial charge is 1.00 e. The zero-order valence-corrected chi connectivity index (χ0v) is 15.0. The third-order valence-corrected chi connectivity index (χ3v) is 3.28. The fourth-order valence-corrected chi connectivity index (χ4v) is 2.27. The van der Waals surface area contributed by atoms with E-state index in [9.17, 15) is 12.9 Å². The van der Waals surface area contributed by atoms with Crippen molar-refractivity contribution in [1.82, 2.24) is 4.90 Å². The van der Waals surface area contributed by atoms with Gasteiger partial charge < -0.3 is 27.5 Å². The van der Waals surface area contributed by atoms with Gasteiger partial charge in [0.1, 0.15) is 5.75 Å². The van der Waals surface area contributed by atoms with Crippen LogP contribution in [0.25, 0.3) is 0 Å². The minimum Gasteiger partial charge on any atom is -0.497 e. The van der Waals surface area contributed by atoms with Gasteiger partial charge in [-0.2, -0.15) is 0 Å². The monoisotopic (exact) mass is 312 g/mol. The minimum atomic E-state index is -4.72. The Kier molecular flexibility index (Phi) is 7.37. The van der Waals surface area contributed by atoms with E-state index in [1.807, 2.05) is 24.3 Å². The molecule has 0 amide bonds. The number of hydrogen-bond donors (Lipinski definition) is 0. The maximum absolute atomic E-state index is 12.3. The molecule has 0 aliphatic carbocycles. The molecule has 1 saturated heterocycles. The number of hydrogen-bond acceptors (Lipinski definition) is 3. The number of anilines is 1. The molecule has 0 bridgehead atoms. The molecule has 0 spiro atoms. The van der Waals surface area contributed by atoms with Crippen molar-refractivity contribution in [3.8, 4) is 5.75 Å². The molecule has 1 aliphatic rings. The van der Waals surface area contributed by atoms with Crippen molar-refractivity contribution in [3.05, 3.63) is 24.3 Å². The van der Waals surface area contributed by atoms with Gasteiger partial charge >= 0.3 is 58.4 Å². The van der Waals surface area contributed by atoms with Crippen LogP contribution in [0.4, 0.5) is 18.6 Å². The Hall–Kier alpha value is 0.271. The summed E-state index contributed by atoms with van der Waals surface area (Å²) in [5.41, 5.74) is 1.03. The van der Waals surface area contributed by atoms with E-state index >= 15 is 0 Å². The van der Waals surface area contributed by atoms with Gasteiger partial charge in [-0.25, -0.2) is 0 Å². The van der Waals surface area contributed by atoms with Crippen LogP contribution >= 0.6 is 0 Å². The Labute approximate surface area is 159 Å². The second-order valence-corrected chi connectivity index (χ2v) is 4.70. The van der Waals surface area contributed by atoms with Gasteiger partial charge in [0.05, 0.1) is 7.11 Å². The molecule has 1 aromatic carbocycles. The molecule has 0 saturated carbocycles. The Morgan fingerprint density at radius 3 is 2.05 bits per heavy atom. The molecule has 1 heterocycles. The summed E-state index contributed by atoms with van der Waals surface area (Å²) in [7, 11) is 1.60. The molecule has 0 unspecified atom stereocenters. The summed E-state index contributed by atoms with van der Waals surface area (Å²) in [6.45, 7) is -2.57. The molecule has 20 heavy (non-hydrogen) atoms. The first-order valence-corrected chi connectivity index (χ1v) is 6.30. The van der Waals surface area contributed by atoms with Gasteiger partial charge in [0.15, 0.2) is 0 Å². The van der Waals surface area contributed by atoms with E-state index in [4.69, 9.17) is 4.74 Å². The van der Waals surface area contributed by atoms with E-state index in [2.05, 4.69) is 4.90 Å². The van der Waals surface area contributed by atoms with Crippen molar-refractivity contribution in [2.75, 3.05) is 44.6 Å². The first-order chi connectivity index (χ1) is 8.98. The van der Waals surface area contributed by atoms with Gasteiger partial charge in [-0.1, -0.05) is 0 Å². The predicted octanol–water partition coefficient (Wildman–Crippen LogP) is -0.792. The standard InChI is InChI=1S/C12H17BF3N2O.K/c1-19-12-4-2-11(3-5-12)18-8-6-17(7-9-18)10-13(14,15)16;/h2-5H,6-10H2,1H3;/q-1;+1. The number of piperazine rings is 1. The Balaban J connectivity index is 0.00000200. The third kappa shape index (κ3) is 5.57. The van der Waals surface area contributed by atoms with Gasteiger partial charge in [0.25, 0.3) is 0 Å². The van der Waals surface area contributed by atoms with Crippen molar-refractivity contribution >= 4 is 12.7 Å². The minimum absolute atomic E-state index is 0. The number of methoxy groups -OCH3 is 1. The fraction of sp³-hybridized carbons (Fsp3) is 0.500. The molecule has 0 atom stereocenters. The number of nitrogens with zero attached hydrogens (tertiary/aromatic N) is 2. The maximum atomic E-state index is 12.3. The van der Waals surface area contributed by atoms with Gasteiger partial charge in [0, 0.05) is 31.9 Å². The second-order valence-electron chi connectivity index (χ2n) is 4.70. The zero-order chi connectivity index (χ0) is 13.9. The van der Waals surface area contributed by atoms with Gasteiger partial charge in [-0.15, -0.1) is 0 Å².